The second-order valence-electron chi connectivity index (χ2n) is 5.81. The van der Waals surface area contributed by atoms with Crippen LogP contribution in [0, 0.1) is 6.92 Å². The number of phenolic OH excluding ortho intramolecular Hbond substituents is 1. The normalized spacial score (nSPS) is 10.4. The summed E-state index contributed by atoms with van der Waals surface area (Å²) in [5.41, 5.74) is 2.97. The fourth-order valence-electron chi connectivity index (χ4n) is 2.58. The summed E-state index contributed by atoms with van der Waals surface area (Å²) in [6.45, 7) is 2.94. The van der Waals surface area contributed by atoms with E-state index in [0.717, 1.165) is 11.1 Å². The number of rotatable bonds is 4. The SMILES string of the molecule is CC(C(=O)Nc1ccc(-c2c(-c3ccccc3)noc2C)cc1O)=S(=O)=O. The van der Waals surface area contributed by atoms with Crippen molar-refractivity contribution in [3.8, 4) is 28.1 Å². The number of nitrogens with zero attached hydrogens (tertiary/aromatic N) is 1. The molecule has 1 amide bonds. The molecular weight excluding hydrogens is 368 g/mol. The molecular formula is C19H16N2O5S. The molecule has 0 fully saturated rings. The first kappa shape index (κ1) is 18.4. The second kappa shape index (κ2) is 7.46. The molecule has 27 heavy (non-hydrogen) atoms. The van der Waals surface area contributed by atoms with Crippen molar-refractivity contribution in [3.05, 3.63) is 54.3 Å². The zero-order chi connectivity index (χ0) is 19.6. The molecule has 0 radical (unpaired) electrons. The average molecular weight is 384 g/mol. The number of anilines is 1. The van der Waals surface area contributed by atoms with Gasteiger partial charge >= 0.3 is 0 Å². The van der Waals surface area contributed by atoms with Crippen LogP contribution < -0.4 is 5.32 Å². The number of carbonyl (C=O) groups excluding carboxylic acids is 1. The third-order valence-corrected chi connectivity index (χ3v) is 4.70. The molecule has 0 spiro atoms. The zero-order valence-corrected chi connectivity index (χ0v) is 15.4. The highest BCUT2D eigenvalue weighted by atomic mass is 32.2. The van der Waals surface area contributed by atoms with E-state index in [1.54, 1.807) is 13.0 Å². The molecule has 0 aliphatic heterocycles. The lowest BCUT2D eigenvalue weighted by Gasteiger charge is -2.09. The van der Waals surface area contributed by atoms with Gasteiger partial charge in [0.2, 0.25) is 10.3 Å². The van der Waals surface area contributed by atoms with Crippen molar-refractivity contribution in [2.24, 2.45) is 0 Å². The van der Waals surface area contributed by atoms with Gasteiger partial charge in [0, 0.05) is 5.56 Å². The lowest BCUT2D eigenvalue weighted by molar-refractivity contribution is -0.110. The minimum Gasteiger partial charge on any atom is -0.506 e. The highest BCUT2D eigenvalue weighted by molar-refractivity contribution is 7.74. The Morgan fingerprint density at radius 1 is 1.11 bits per heavy atom. The molecule has 3 rings (SSSR count). The van der Waals surface area contributed by atoms with E-state index < -0.39 is 16.2 Å². The topological polar surface area (TPSA) is 110 Å². The maximum atomic E-state index is 11.8. The van der Waals surface area contributed by atoms with Crippen molar-refractivity contribution in [2.45, 2.75) is 13.8 Å². The molecule has 7 nitrogen and oxygen atoms in total. The first-order chi connectivity index (χ1) is 12.9. The van der Waals surface area contributed by atoms with Crippen molar-refractivity contribution >= 4 is 26.8 Å². The van der Waals surface area contributed by atoms with Crippen molar-refractivity contribution in [3.63, 3.8) is 0 Å². The van der Waals surface area contributed by atoms with E-state index >= 15 is 0 Å². The molecule has 138 valence electrons. The fraction of sp³-hybridized carbons (Fsp3) is 0.105. The van der Waals surface area contributed by atoms with Crippen molar-refractivity contribution in [2.75, 3.05) is 5.32 Å². The Morgan fingerprint density at radius 3 is 2.44 bits per heavy atom. The summed E-state index contributed by atoms with van der Waals surface area (Å²) in [4.78, 5) is 11.5. The Kier molecular flexibility index (Phi) is 5.09. The summed E-state index contributed by atoms with van der Waals surface area (Å²) in [7, 11) is -2.62. The summed E-state index contributed by atoms with van der Waals surface area (Å²) in [6, 6.07) is 14.1. The Morgan fingerprint density at radius 2 is 1.81 bits per heavy atom. The van der Waals surface area contributed by atoms with Crippen molar-refractivity contribution in [1.29, 1.82) is 0 Å². The number of aromatic nitrogens is 1. The predicted octanol–water partition coefficient (Wildman–Crippen LogP) is 3.03. The van der Waals surface area contributed by atoms with Gasteiger partial charge in [0.05, 0.1) is 11.3 Å². The monoisotopic (exact) mass is 384 g/mol. The molecule has 0 saturated carbocycles. The maximum absolute atomic E-state index is 11.8. The molecule has 1 heterocycles. The molecule has 2 N–H and O–H groups in total. The van der Waals surface area contributed by atoms with Gasteiger partial charge in [0.1, 0.15) is 22.1 Å². The minimum atomic E-state index is -2.62. The molecule has 1 aromatic heterocycles. The molecule has 0 saturated heterocycles. The number of hydrogen-bond donors (Lipinski definition) is 2. The first-order valence-corrected chi connectivity index (χ1v) is 9.05. The lowest BCUT2D eigenvalue weighted by atomic mass is 9.99. The largest absolute Gasteiger partial charge is 0.506 e. The highest BCUT2D eigenvalue weighted by Gasteiger charge is 2.18. The van der Waals surface area contributed by atoms with Gasteiger partial charge in [0.25, 0.3) is 5.91 Å². The van der Waals surface area contributed by atoms with Gasteiger partial charge in [-0.25, -0.2) is 0 Å². The molecule has 8 heteroatoms. The van der Waals surface area contributed by atoms with Crippen LogP contribution in [0.1, 0.15) is 12.7 Å². The smallest absolute Gasteiger partial charge is 0.266 e. The summed E-state index contributed by atoms with van der Waals surface area (Å²) < 4.78 is 27.0. The number of amides is 1. The molecule has 0 aliphatic rings. The predicted molar refractivity (Wildman–Crippen MR) is 102 cm³/mol. The van der Waals surface area contributed by atoms with Crippen molar-refractivity contribution in [1.82, 2.24) is 5.16 Å². The van der Waals surface area contributed by atoms with E-state index in [1.165, 1.54) is 19.1 Å². The number of phenols is 1. The average Bonchev–Trinajstić information content (AvgIpc) is 3.04. The molecule has 0 aliphatic carbocycles. The third-order valence-electron chi connectivity index (χ3n) is 4.01. The summed E-state index contributed by atoms with van der Waals surface area (Å²) in [5.74, 6) is -0.432. The van der Waals surface area contributed by atoms with Gasteiger partial charge in [-0.15, -0.1) is 0 Å². The van der Waals surface area contributed by atoms with E-state index in [0.29, 0.717) is 17.0 Å². The van der Waals surface area contributed by atoms with Crippen LogP contribution in [0.4, 0.5) is 5.69 Å². The van der Waals surface area contributed by atoms with E-state index in [4.69, 9.17) is 4.52 Å². The Bertz CT molecular complexity index is 1140. The van der Waals surface area contributed by atoms with E-state index in [1.807, 2.05) is 30.3 Å². The highest BCUT2D eigenvalue weighted by Crippen LogP contribution is 2.37. The Labute approximate surface area is 156 Å². The Balaban J connectivity index is 1.99. The van der Waals surface area contributed by atoms with E-state index in [-0.39, 0.29) is 16.3 Å². The van der Waals surface area contributed by atoms with Gasteiger partial charge in [-0.05, 0) is 31.5 Å². The van der Waals surface area contributed by atoms with E-state index in [9.17, 15) is 18.3 Å². The number of hydrogen-bond acceptors (Lipinski definition) is 6. The fourth-order valence-corrected chi connectivity index (χ4v) is 2.79. The standard InChI is InChI=1S/C19H16N2O5S/c1-11-17(18(21-26-11)13-6-4-3-5-7-13)14-8-9-15(16(22)10-14)20-19(23)12(2)27(24)25/h3-10,22H,1-2H3,(H,20,23). The summed E-state index contributed by atoms with van der Waals surface area (Å²) in [5, 5.41) is 16.8. The summed E-state index contributed by atoms with van der Waals surface area (Å²) >= 11 is 0. The van der Waals surface area contributed by atoms with Crippen LogP contribution in [-0.2, 0) is 15.1 Å². The molecule has 0 bridgehead atoms. The molecule has 0 atom stereocenters. The van der Waals surface area contributed by atoms with E-state index in [2.05, 4.69) is 10.5 Å². The number of nitrogens with one attached hydrogen (secondary N) is 1. The third kappa shape index (κ3) is 3.75. The van der Waals surface area contributed by atoms with Crippen molar-refractivity contribution < 1.29 is 22.8 Å². The number of carbonyl (C=O) groups is 1. The lowest BCUT2D eigenvalue weighted by Crippen LogP contribution is -2.20. The second-order valence-corrected chi connectivity index (χ2v) is 6.89. The van der Waals surface area contributed by atoms with Crippen LogP contribution in [0.3, 0.4) is 0 Å². The Hall–Kier alpha value is -3.39. The van der Waals surface area contributed by atoms with Crippen LogP contribution in [0.5, 0.6) is 5.75 Å². The molecule has 2 aromatic carbocycles. The van der Waals surface area contributed by atoms with Crippen LogP contribution in [-0.4, -0.2) is 29.5 Å². The maximum Gasteiger partial charge on any atom is 0.266 e. The van der Waals surface area contributed by atoms with Gasteiger partial charge in [-0.3, -0.25) is 4.79 Å². The number of aromatic hydroxyl groups is 1. The summed E-state index contributed by atoms with van der Waals surface area (Å²) in [6.07, 6.45) is 0. The van der Waals surface area contributed by atoms with Gasteiger partial charge in [-0.1, -0.05) is 41.6 Å². The van der Waals surface area contributed by atoms with Crippen LogP contribution in [0.2, 0.25) is 0 Å². The quantitative estimate of drug-likeness (QED) is 0.529. The number of aryl methyl sites for hydroxylation is 1. The zero-order valence-electron chi connectivity index (χ0n) is 14.6. The van der Waals surface area contributed by atoms with Crippen LogP contribution in [0.25, 0.3) is 22.4 Å². The number of benzene rings is 2. The van der Waals surface area contributed by atoms with Crippen LogP contribution in [0.15, 0.2) is 53.1 Å². The molecule has 0 unspecified atom stereocenters. The van der Waals surface area contributed by atoms with Gasteiger partial charge < -0.3 is 14.9 Å². The first-order valence-electron chi connectivity index (χ1n) is 7.97. The van der Waals surface area contributed by atoms with Gasteiger partial charge in [0.15, 0.2) is 0 Å². The van der Waals surface area contributed by atoms with Gasteiger partial charge in [-0.2, -0.15) is 8.42 Å². The minimum absolute atomic E-state index is 0.101. The van der Waals surface area contributed by atoms with Crippen LogP contribution >= 0.6 is 0 Å². The molecule has 3 aromatic rings.